The summed E-state index contributed by atoms with van der Waals surface area (Å²) in [5.74, 6) is -0.672. The molecule has 0 radical (unpaired) electrons. The van der Waals surface area contributed by atoms with E-state index in [0.29, 0.717) is 0 Å². The largest absolute Gasteiger partial charge is 0.507 e. The van der Waals surface area contributed by atoms with Gasteiger partial charge in [-0.1, -0.05) is 6.07 Å². The van der Waals surface area contributed by atoms with Crippen LogP contribution in [0.5, 0.6) is 11.5 Å². The predicted molar refractivity (Wildman–Crippen MR) is 104 cm³/mol. The fourth-order valence-corrected chi connectivity index (χ4v) is 5.34. The smallest absolute Gasteiger partial charge is 0.265 e. The molecule has 0 spiro atoms. The second kappa shape index (κ2) is 7.89. The van der Waals surface area contributed by atoms with Crippen molar-refractivity contribution in [2.45, 2.75) is 9.79 Å². The lowest BCUT2D eigenvalue weighted by Gasteiger charge is -2.26. The number of ether oxygens (including phenoxy) is 1. The Hall–Kier alpha value is -2.83. The molecule has 0 atom stereocenters. The topological polar surface area (TPSA) is 142 Å². The summed E-state index contributed by atoms with van der Waals surface area (Å²) in [6.45, 7) is -0.00280. The minimum Gasteiger partial charge on any atom is -0.507 e. The minimum absolute atomic E-state index is 0.0187. The number of sulfonamides is 2. The first-order valence-electron chi connectivity index (χ1n) is 8.40. The summed E-state index contributed by atoms with van der Waals surface area (Å²) in [6, 6.07) is 8.92. The number of hydrogen-bond acceptors (Lipinski definition) is 7. The second-order valence-electron chi connectivity index (χ2n) is 6.16. The van der Waals surface area contributed by atoms with Crippen molar-refractivity contribution in [3.05, 3.63) is 42.5 Å². The van der Waals surface area contributed by atoms with Crippen molar-refractivity contribution in [2.75, 3.05) is 31.5 Å². The lowest BCUT2D eigenvalue weighted by molar-refractivity contribution is -0.122. The molecule has 0 aliphatic carbocycles. The van der Waals surface area contributed by atoms with Gasteiger partial charge in [-0.25, -0.2) is 16.8 Å². The maximum atomic E-state index is 12.8. The van der Waals surface area contributed by atoms with Gasteiger partial charge in [0, 0.05) is 19.2 Å². The lowest BCUT2D eigenvalue weighted by Crippen LogP contribution is -2.49. The zero-order valence-corrected chi connectivity index (χ0v) is 17.0. The van der Waals surface area contributed by atoms with E-state index in [2.05, 4.69) is 10.0 Å². The van der Waals surface area contributed by atoms with Gasteiger partial charge in [0.05, 0.1) is 24.2 Å². The lowest BCUT2D eigenvalue weighted by atomic mass is 10.3. The highest BCUT2D eigenvalue weighted by Crippen LogP contribution is 2.29. The Morgan fingerprint density at radius 3 is 2.59 bits per heavy atom. The number of benzene rings is 2. The SMILES string of the molecule is COc1ccc(O)c(S(=O)(=O)Nc2cccc(S(=O)(=O)N3CCNC(=O)C3)c2)c1. The number of nitrogens with one attached hydrogen (secondary N) is 2. The monoisotopic (exact) mass is 441 g/mol. The van der Waals surface area contributed by atoms with Crippen LogP contribution in [-0.4, -0.2) is 58.9 Å². The molecule has 0 bridgehead atoms. The number of carbonyl (C=O) groups is 1. The number of phenols is 1. The Bertz CT molecular complexity index is 1150. The molecule has 3 N–H and O–H groups in total. The van der Waals surface area contributed by atoms with E-state index in [-0.39, 0.29) is 36.0 Å². The first-order chi connectivity index (χ1) is 13.6. The summed E-state index contributed by atoms with van der Waals surface area (Å²) in [5.41, 5.74) is -0.0187. The van der Waals surface area contributed by atoms with E-state index >= 15 is 0 Å². The van der Waals surface area contributed by atoms with Crippen LogP contribution < -0.4 is 14.8 Å². The molecule has 0 saturated carbocycles. The maximum Gasteiger partial charge on any atom is 0.265 e. The van der Waals surface area contributed by atoms with E-state index in [1.165, 1.54) is 37.4 Å². The van der Waals surface area contributed by atoms with Crippen LogP contribution in [0.15, 0.2) is 52.3 Å². The summed E-state index contributed by atoms with van der Waals surface area (Å²) in [4.78, 5) is 10.9. The maximum absolute atomic E-state index is 12.8. The van der Waals surface area contributed by atoms with E-state index in [1.807, 2.05) is 0 Å². The second-order valence-corrected chi connectivity index (χ2v) is 9.74. The van der Waals surface area contributed by atoms with Crippen LogP contribution in [-0.2, 0) is 24.8 Å². The van der Waals surface area contributed by atoms with Crippen LogP contribution in [0, 0.1) is 0 Å². The van der Waals surface area contributed by atoms with E-state index < -0.39 is 36.6 Å². The van der Waals surface area contributed by atoms with Gasteiger partial charge in [-0.3, -0.25) is 9.52 Å². The van der Waals surface area contributed by atoms with Gasteiger partial charge in [-0.2, -0.15) is 4.31 Å². The van der Waals surface area contributed by atoms with Crippen LogP contribution in [0.1, 0.15) is 0 Å². The van der Waals surface area contributed by atoms with Gasteiger partial charge in [0.25, 0.3) is 10.0 Å². The average Bonchev–Trinajstić information content (AvgIpc) is 2.68. The fraction of sp³-hybridized carbons (Fsp3) is 0.235. The number of aromatic hydroxyl groups is 1. The number of rotatable bonds is 6. The molecule has 0 unspecified atom stereocenters. The standard InChI is InChI=1S/C17H19N3O7S2/c1-27-13-5-6-15(21)16(10-13)28(23,24)19-12-3-2-4-14(9-12)29(25,26)20-8-7-18-17(22)11-20/h2-6,9-10,19,21H,7-8,11H2,1H3,(H,18,22). The first-order valence-corrected chi connectivity index (χ1v) is 11.3. The first kappa shape index (κ1) is 20.9. The van der Waals surface area contributed by atoms with Crippen molar-refractivity contribution in [2.24, 2.45) is 0 Å². The molecule has 1 fully saturated rings. The summed E-state index contributed by atoms with van der Waals surface area (Å²) in [5, 5.41) is 12.4. The molecular formula is C17H19N3O7S2. The van der Waals surface area contributed by atoms with Gasteiger partial charge >= 0.3 is 0 Å². The molecule has 2 aromatic rings. The van der Waals surface area contributed by atoms with Crippen LogP contribution >= 0.6 is 0 Å². The van der Waals surface area contributed by atoms with Crippen molar-refractivity contribution in [3.8, 4) is 11.5 Å². The van der Waals surface area contributed by atoms with Gasteiger partial charge in [-0.05, 0) is 30.3 Å². The summed E-state index contributed by atoms with van der Waals surface area (Å²) in [6.07, 6.45) is 0. The number of methoxy groups -OCH3 is 1. The Kier molecular flexibility index (Phi) is 5.68. The van der Waals surface area contributed by atoms with Gasteiger partial charge in [0.15, 0.2) is 0 Å². The van der Waals surface area contributed by atoms with E-state index in [4.69, 9.17) is 4.74 Å². The number of phenolic OH excluding ortho intramolecular Hbond substituents is 1. The Labute approximate surface area is 168 Å². The predicted octanol–water partition coefficient (Wildman–Crippen LogP) is 0.322. The van der Waals surface area contributed by atoms with Crippen LogP contribution in [0.25, 0.3) is 0 Å². The fourth-order valence-electron chi connectivity index (χ4n) is 2.74. The number of carbonyl (C=O) groups excluding carboxylic acids is 1. The summed E-state index contributed by atoms with van der Waals surface area (Å²) in [7, 11) is -6.86. The van der Waals surface area contributed by atoms with Crippen molar-refractivity contribution < 1.29 is 31.5 Å². The molecule has 0 aromatic heterocycles. The van der Waals surface area contributed by atoms with Crippen molar-refractivity contribution >= 4 is 31.6 Å². The van der Waals surface area contributed by atoms with Gasteiger partial charge in [0.1, 0.15) is 16.4 Å². The molecule has 1 aliphatic rings. The molecule has 12 heteroatoms. The zero-order chi connectivity index (χ0) is 21.2. The molecule has 156 valence electrons. The molecule has 1 amide bonds. The number of anilines is 1. The van der Waals surface area contributed by atoms with E-state index in [9.17, 15) is 26.7 Å². The highest BCUT2D eigenvalue weighted by atomic mass is 32.2. The van der Waals surface area contributed by atoms with Crippen molar-refractivity contribution in [1.82, 2.24) is 9.62 Å². The molecule has 10 nitrogen and oxygen atoms in total. The number of hydrogen-bond donors (Lipinski definition) is 3. The minimum atomic E-state index is -4.23. The van der Waals surface area contributed by atoms with Crippen LogP contribution in [0.3, 0.4) is 0 Å². The van der Waals surface area contributed by atoms with Gasteiger partial charge in [0.2, 0.25) is 15.9 Å². The third-order valence-electron chi connectivity index (χ3n) is 4.18. The molecule has 1 aliphatic heterocycles. The van der Waals surface area contributed by atoms with Gasteiger partial charge in [-0.15, -0.1) is 0 Å². The summed E-state index contributed by atoms with van der Waals surface area (Å²) >= 11 is 0. The van der Waals surface area contributed by atoms with Crippen molar-refractivity contribution in [3.63, 3.8) is 0 Å². The molecule has 1 heterocycles. The Morgan fingerprint density at radius 2 is 1.90 bits per heavy atom. The van der Waals surface area contributed by atoms with Crippen LogP contribution in [0.4, 0.5) is 5.69 Å². The van der Waals surface area contributed by atoms with Crippen molar-refractivity contribution in [1.29, 1.82) is 0 Å². The highest BCUT2D eigenvalue weighted by molar-refractivity contribution is 7.92. The normalized spacial score (nSPS) is 15.6. The summed E-state index contributed by atoms with van der Waals surface area (Å²) < 4.78 is 59.1. The van der Waals surface area contributed by atoms with Gasteiger partial charge < -0.3 is 15.2 Å². The number of piperazine rings is 1. The average molecular weight is 441 g/mol. The molecule has 29 heavy (non-hydrogen) atoms. The molecular weight excluding hydrogens is 422 g/mol. The Balaban J connectivity index is 1.91. The van der Waals surface area contributed by atoms with E-state index in [1.54, 1.807) is 0 Å². The van der Waals surface area contributed by atoms with E-state index in [0.717, 1.165) is 16.4 Å². The third kappa shape index (κ3) is 4.44. The molecule has 1 saturated heterocycles. The quantitative estimate of drug-likeness (QED) is 0.586. The number of amides is 1. The third-order valence-corrected chi connectivity index (χ3v) is 7.44. The zero-order valence-electron chi connectivity index (χ0n) is 15.3. The number of nitrogens with zero attached hydrogens (tertiary/aromatic N) is 1. The Morgan fingerprint density at radius 1 is 1.14 bits per heavy atom. The highest BCUT2D eigenvalue weighted by Gasteiger charge is 2.29. The molecule has 3 rings (SSSR count). The van der Waals surface area contributed by atoms with Crippen LogP contribution in [0.2, 0.25) is 0 Å². The molecule has 2 aromatic carbocycles.